The largest absolute Gasteiger partial charge is 0.395 e. The first-order valence-electron chi connectivity index (χ1n) is 12.5. The lowest BCUT2D eigenvalue weighted by Crippen LogP contribution is -2.03. The fraction of sp³-hybridized carbons (Fsp3) is 0.231. The molecule has 0 saturated heterocycles. The van der Waals surface area contributed by atoms with Crippen molar-refractivity contribution >= 4 is 44.0 Å². The van der Waals surface area contributed by atoms with Crippen LogP contribution in [-0.4, -0.2) is 64.3 Å². The Morgan fingerprint density at radius 3 is 1.50 bits per heavy atom. The quantitative estimate of drug-likeness (QED) is 0.128. The standard InChI is InChI=1S/C26H24N10O2S2/c1-17(19-9-5-3-6-10-19)33-37-15-13-21-27-29-25-35(21)31-23(39-25)24-32-36-22(28-30-26(36)40-24)14-16-38-34-18(2)20-11-7-4-8-12-20/h3-12H,13-16H2,1-2H3/b33-17+,34-18+. The molecule has 14 heteroatoms. The highest BCUT2D eigenvalue weighted by Gasteiger charge is 2.19. The molecule has 12 nitrogen and oxygen atoms in total. The molecule has 0 spiro atoms. The van der Waals surface area contributed by atoms with Crippen LogP contribution in [0.25, 0.3) is 19.9 Å². The molecule has 0 bridgehead atoms. The first-order valence-corrected chi connectivity index (χ1v) is 14.2. The van der Waals surface area contributed by atoms with Crippen molar-refractivity contribution in [2.24, 2.45) is 10.3 Å². The van der Waals surface area contributed by atoms with E-state index in [0.717, 1.165) is 32.6 Å². The zero-order valence-corrected chi connectivity index (χ0v) is 23.3. The second-order valence-corrected chi connectivity index (χ2v) is 10.6. The van der Waals surface area contributed by atoms with Gasteiger partial charge in [0, 0.05) is 12.8 Å². The first kappa shape index (κ1) is 25.7. The molecule has 0 atom stereocenters. The van der Waals surface area contributed by atoms with E-state index in [2.05, 4.69) is 30.7 Å². The summed E-state index contributed by atoms with van der Waals surface area (Å²) >= 11 is 2.83. The average molecular weight is 573 g/mol. The summed E-state index contributed by atoms with van der Waals surface area (Å²) in [5.41, 5.74) is 3.66. The highest BCUT2D eigenvalue weighted by atomic mass is 32.1. The van der Waals surface area contributed by atoms with E-state index in [-0.39, 0.29) is 0 Å². The maximum absolute atomic E-state index is 5.52. The van der Waals surface area contributed by atoms with Gasteiger partial charge in [0.2, 0.25) is 9.92 Å². The van der Waals surface area contributed by atoms with Crippen LogP contribution in [0.1, 0.15) is 36.6 Å². The molecule has 0 fully saturated rings. The van der Waals surface area contributed by atoms with Gasteiger partial charge >= 0.3 is 0 Å². The molecular weight excluding hydrogens is 548 g/mol. The molecule has 0 saturated carbocycles. The van der Waals surface area contributed by atoms with Crippen LogP contribution in [0.2, 0.25) is 0 Å². The van der Waals surface area contributed by atoms with E-state index >= 15 is 0 Å². The van der Waals surface area contributed by atoms with E-state index < -0.39 is 0 Å². The highest BCUT2D eigenvalue weighted by molar-refractivity contribution is 7.26. The third-order valence-corrected chi connectivity index (χ3v) is 7.85. The van der Waals surface area contributed by atoms with Crippen LogP contribution in [0.4, 0.5) is 0 Å². The molecule has 0 aliphatic rings. The number of oxime groups is 2. The van der Waals surface area contributed by atoms with Crippen LogP contribution in [0, 0.1) is 0 Å². The Morgan fingerprint density at radius 2 is 1.07 bits per heavy atom. The lowest BCUT2D eigenvalue weighted by atomic mass is 10.1. The monoisotopic (exact) mass is 572 g/mol. The molecule has 0 unspecified atom stereocenters. The maximum Gasteiger partial charge on any atom is 0.235 e. The van der Waals surface area contributed by atoms with E-state index in [0.29, 0.717) is 47.6 Å². The Bertz CT molecular complexity index is 1660. The second-order valence-electron chi connectivity index (χ2n) is 8.69. The van der Waals surface area contributed by atoms with Crippen LogP contribution in [0.3, 0.4) is 0 Å². The van der Waals surface area contributed by atoms with Crippen molar-refractivity contribution in [3.05, 3.63) is 83.4 Å². The van der Waals surface area contributed by atoms with Gasteiger partial charge in [0.1, 0.15) is 13.2 Å². The van der Waals surface area contributed by atoms with Gasteiger partial charge in [-0.2, -0.15) is 19.2 Å². The summed E-state index contributed by atoms with van der Waals surface area (Å²) in [6, 6.07) is 19.8. The predicted octanol–water partition coefficient (Wildman–Crippen LogP) is 4.32. The van der Waals surface area contributed by atoms with Gasteiger partial charge < -0.3 is 9.68 Å². The van der Waals surface area contributed by atoms with E-state index in [9.17, 15) is 0 Å². The van der Waals surface area contributed by atoms with Crippen LogP contribution in [0.5, 0.6) is 0 Å². The van der Waals surface area contributed by atoms with Crippen molar-refractivity contribution in [1.82, 2.24) is 39.6 Å². The normalized spacial score (nSPS) is 12.4. The minimum absolute atomic E-state index is 0.356. The molecule has 0 aliphatic carbocycles. The third kappa shape index (κ3) is 5.58. The van der Waals surface area contributed by atoms with E-state index in [1.54, 1.807) is 9.03 Å². The number of rotatable bonds is 11. The summed E-state index contributed by atoms with van der Waals surface area (Å²) in [5, 5.41) is 36.3. The molecule has 0 N–H and O–H groups in total. The molecule has 6 aromatic rings. The molecular formula is C26H24N10O2S2. The Kier molecular flexibility index (Phi) is 7.50. The van der Waals surface area contributed by atoms with E-state index in [4.69, 9.17) is 19.9 Å². The smallest absolute Gasteiger partial charge is 0.235 e. The summed E-state index contributed by atoms with van der Waals surface area (Å²) in [7, 11) is 0. The van der Waals surface area contributed by atoms with Crippen LogP contribution >= 0.6 is 22.7 Å². The summed E-state index contributed by atoms with van der Waals surface area (Å²) < 4.78 is 3.45. The highest BCUT2D eigenvalue weighted by Crippen LogP contribution is 2.29. The van der Waals surface area contributed by atoms with Gasteiger partial charge in [-0.15, -0.1) is 20.4 Å². The molecule has 0 amide bonds. The van der Waals surface area contributed by atoms with Crippen LogP contribution in [-0.2, 0) is 22.5 Å². The van der Waals surface area contributed by atoms with Crippen molar-refractivity contribution in [2.75, 3.05) is 13.2 Å². The summed E-state index contributed by atoms with van der Waals surface area (Å²) in [6.45, 7) is 4.54. The first-order chi connectivity index (χ1) is 19.7. The number of nitrogens with zero attached hydrogens (tertiary/aromatic N) is 10. The molecule has 4 aromatic heterocycles. The van der Waals surface area contributed by atoms with Gasteiger partial charge in [-0.3, -0.25) is 0 Å². The summed E-state index contributed by atoms with van der Waals surface area (Å²) in [6.07, 6.45) is 1.02. The van der Waals surface area contributed by atoms with Crippen molar-refractivity contribution in [2.45, 2.75) is 26.7 Å². The molecule has 40 heavy (non-hydrogen) atoms. The maximum atomic E-state index is 5.52. The van der Waals surface area contributed by atoms with E-state index in [1.165, 1.54) is 22.7 Å². The van der Waals surface area contributed by atoms with Gasteiger partial charge in [0.15, 0.2) is 21.7 Å². The zero-order valence-electron chi connectivity index (χ0n) is 21.7. The fourth-order valence-corrected chi connectivity index (χ4v) is 5.55. The molecule has 4 heterocycles. The van der Waals surface area contributed by atoms with Crippen molar-refractivity contribution in [3.8, 4) is 10.0 Å². The number of hydrogen-bond donors (Lipinski definition) is 0. The fourth-order valence-electron chi connectivity index (χ4n) is 3.82. The summed E-state index contributed by atoms with van der Waals surface area (Å²) in [5.74, 6) is 1.38. The topological polar surface area (TPSA) is 129 Å². The Labute approximate surface area is 236 Å². The molecule has 202 valence electrons. The van der Waals surface area contributed by atoms with Crippen molar-refractivity contribution < 1.29 is 9.68 Å². The Hall–Kier alpha value is -4.56. The third-order valence-electron chi connectivity index (χ3n) is 5.91. The predicted molar refractivity (Wildman–Crippen MR) is 153 cm³/mol. The number of aromatic nitrogens is 8. The van der Waals surface area contributed by atoms with Gasteiger partial charge in [0.05, 0.1) is 11.4 Å². The van der Waals surface area contributed by atoms with Crippen molar-refractivity contribution in [3.63, 3.8) is 0 Å². The van der Waals surface area contributed by atoms with Crippen LogP contribution in [0.15, 0.2) is 71.0 Å². The Balaban J connectivity index is 1.08. The second kappa shape index (κ2) is 11.7. The van der Waals surface area contributed by atoms with Gasteiger partial charge in [-0.1, -0.05) is 93.6 Å². The van der Waals surface area contributed by atoms with Gasteiger partial charge in [-0.25, -0.2) is 0 Å². The molecule has 2 aromatic carbocycles. The van der Waals surface area contributed by atoms with Crippen LogP contribution < -0.4 is 0 Å². The number of fused-ring (bicyclic) bond motifs is 2. The minimum Gasteiger partial charge on any atom is -0.395 e. The zero-order chi connectivity index (χ0) is 27.3. The van der Waals surface area contributed by atoms with Gasteiger partial charge in [0.25, 0.3) is 0 Å². The van der Waals surface area contributed by atoms with Gasteiger partial charge in [-0.05, 0) is 25.0 Å². The number of hydrogen-bond acceptors (Lipinski definition) is 12. The Morgan fingerprint density at radius 1 is 0.650 bits per heavy atom. The summed E-state index contributed by atoms with van der Waals surface area (Å²) in [4.78, 5) is 12.4. The molecule has 0 radical (unpaired) electrons. The number of benzene rings is 2. The minimum atomic E-state index is 0.356. The SMILES string of the molecule is C/C(=N\OCCc1nnc2sc(-c3nn4c(CCO/N=C(\C)c5ccccc5)nnc4s3)nn12)c1ccccc1. The lowest BCUT2D eigenvalue weighted by molar-refractivity contribution is 0.146. The van der Waals surface area contributed by atoms with Crippen molar-refractivity contribution in [1.29, 1.82) is 0 Å². The van der Waals surface area contributed by atoms with E-state index in [1.807, 2.05) is 74.5 Å². The average Bonchev–Trinajstić information content (AvgIpc) is 3.76. The lowest BCUT2D eigenvalue weighted by Gasteiger charge is -2.01. The molecule has 0 aliphatic heterocycles. The molecule has 6 rings (SSSR count).